The van der Waals surface area contributed by atoms with E-state index in [4.69, 9.17) is 9.84 Å². The smallest absolute Gasteiger partial charge is 0.287 e. The number of carbonyl (C=O) groups is 1. The molecule has 0 aliphatic rings. The normalized spacial score (nSPS) is 15.9. The number of aliphatic hydroxyl groups is 1. The van der Waals surface area contributed by atoms with Gasteiger partial charge in [0.05, 0.1) is 6.54 Å². The van der Waals surface area contributed by atoms with E-state index in [0.29, 0.717) is 6.42 Å². The van der Waals surface area contributed by atoms with Gasteiger partial charge in [0.2, 0.25) is 0 Å². The lowest BCUT2D eigenvalue weighted by Crippen LogP contribution is -2.49. The second kappa shape index (κ2) is 5.37. The van der Waals surface area contributed by atoms with Crippen LogP contribution >= 0.6 is 0 Å². The van der Waals surface area contributed by atoms with E-state index in [-0.39, 0.29) is 0 Å². The van der Waals surface area contributed by atoms with Crippen LogP contribution in [0.5, 0.6) is 0 Å². The Morgan fingerprint density at radius 3 is 2.40 bits per heavy atom. The number of nitrogens with one attached hydrogen (secondary N) is 1. The molecule has 2 N–H and O–H groups in total. The van der Waals surface area contributed by atoms with Gasteiger partial charge in [0, 0.05) is 7.11 Å². The van der Waals surface area contributed by atoms with Crippen molar-refractivity contribution in [2.75, 3.05) is 20.3 Å². The number of aliphatic hydroxyl groups excluding tert-OH is 1. The Balaban J connectivity index is 4.26. The zero-order valence-corrected chi connectivity index (χ0v) is 9.14. The highest BCUT2D eigenvalue weighted by Crippen LogP contribution is 2.15. The molecule has 6 heteroatoms. The van der Waals surface area contributed by atoms with E-state index in [2.05, 4.69) is 0 Å². The molecule has 0 fully saturated rings. The largest absolute Gasteiger partial charge is 0.390 e. The van der Waals surface area contributed by atoms with Gasteiger partial charge in [-0.15, -0.1) is 0 Å². The molecule has 90 valence electrons. The van der Waals surface area contributed by atoms with Crippen molar-refractivity contribution in [2.24, 2.45) is 0 Å². The van der Waals surface area contributed by atoms with Gasteiger partial charge >= 0.3 is 0 Å². The lowest BCUT2D eigenvalue weighted by Gasteiger charge is -2.26. The Bertz CT molecular complexity index is 217. The van der Waals surface area contributed by atoms with Gasteiger partial charge in [0.15, 0.2) is 0 Å². The Hall–Kier alpha value is -0.750. The third kappa shape index (κ3) is 4.09. The van der Waals surface area contributed by atoms with Crippen molar-refractivity contribution in [3.05, 3.63) is 0 Å². The van der Waals surface area contributed by atoms with Gasteiger partial charge in [-0.25, -0.2) is 8.78 Å². The summed E-state index contributed by atoms with van der Waals surface area (Å²) in [6.45, 7) is 1.05. The first-order chi connectivity index (χ1) is 6.81. The molecule has 0 saturated carbocycles. The van der Waals surface area contributed by atoms with Gasteiger partial charge in [-0.3, -0.25) is 4.79 Å². The first-order valence-corrected chi connectivity index (χ1v) is 4.63. The molecule has 0 aromatic carbocycles. The van der Waals surface area contributed by atoms with E-state index in [0.717, 1.165) is 0 Å². The third-order valence-corrected chi connectivity index (χ3v) is 2.34. The molecule has 0 saturated heterocycles. The third-order valence-electron chi connectivity index (χ3n) is 2.34. The number of carbonyl (C=O) groups excluding carboxylic acids is 1. The molecule has 0 aliphatic carbocycles. The first-order valence-electron chi connectivity index (χ1n) is 4.63. The van der Waals surface area contributed by atoms with Crippen molar-refractivity contribution in [1.82, 2.24) is 5.32 Å². The fraction of sp³-hybridized carbons (Fsp3) is 0.889. The Kier molecular flexibility index (Phi) is 5.10. The van der Waals surface area contributed by atoms with Crippen LogP contribution in [0.4, 0.5) is 8.78 Å². The van der Waals surface area contributed by atoms with E-state index in [1.807, 2.05) is 5.32 Å². The van der Waals surface area contributed by atoms with Gasteiger partial charge in [-0.2, -0.15) is 0 Å². The minimum atomic E-state index is -3.29. The zero-order valence-electron chi connectivity index (χ0n) is 9.14. The van der Waals surface area contributed by atoms with Crippen molar-refractivity contribution in [2.45, 2.75) is 31.8 Å². The molecule has 15 heavy (non-hydrogen) atoms. The van der Waals surface area contributed by atoms with Crippen LogP contribution in [0.15, 0.2) is 0 Å². The summed E-state index contributed by atoms with van der Waals surface area (Å²) >= 11 is 0. The highest BCUT2D eigenvalue weighted by atomic mass is 19.3. The predicted molar refractivity (Wildman–Crippen MR) is 50.7 cm³/mol. The van der Waals surface area contributed by atoms with E-state index in [1.54, 1.807) is 6.92 Å². The molecule has 0 heterocycles. The van der Waals surface area contributed by atoms with Gasteiger partial charge in [0.25, 0.3) is 11.8 Å². The average Bonchev–Trinajstić information content (AvgIpc) is 2.24. The average molecular weight is 225 g/mol. The Morgan fingerprint density at radius 1 is 1.53 bits per heavy atom. The number of methoxy groups -OCH3 is 1. The van der Waals surface area contributed by atoms with Gasteiger partial charge < -0.3 is 15.2 Å². The summed E-state index contributed by atoms with van der Waals surface area (Å²) in [6.07, 6.45) is 0.375. The highest BCUT2D eigenvalue weighted by molar-refractivity contribution is 5.84. The SMILES string of the molecule is CCC(C)(OC)C(=O)NCC(F)(F)CO. The summed E-state index contributed by atoms with van der Waals surface area (Å²) in [5.41, 5.74) is -1.11. The van der Waals surface area contributed by atoms with Crippen LogP contribution in [0.1, 0.15) is 20.3 Å². The van der Waals surface area contributed by atoms with Gasteiger partial charge in [-0.05, 0) is 13.3 Å². The number of halogens is 2. The molecule has 0 aromatic rings. The van der Waals surface area contributed by atoms with E-state index in [9.17, 15) is 13.6 Å². The minimum Gasteiger partial charge on any atom is -0.390 e. The summed E-state index contributed by atoms with van der Waals surface area (Å²) in [6, 6.07) is 0. The first kappa shape index (κ1) is 14.2. The fourth-order valence-corrected chi connectivity index (χ4v) is 0.850. The van der Waals surface area contributed by atoms with Crippen molar-refractivity contribution in [1.29, 1.82) is 0 Å². The summed E-state index contributed by atoms with van der Waals surface area (Å²) in [7, 11) is 1.34. The molecule has 1 unspecified atom stereocenters. The molecule has 1 atom stereocenters. The van der Waals surface area contributed by atoms with Crippen LogP contribution in [-0.2, 0) is 9.53 Å². The maximum absolute atomic E-state index is 12.6. The predicted octanol–water partition coefficient (Wildman–Crippen LogP) is 0.545. The van der Waals surface area contributed by atoms with Gasteiger partial charge in [0.1, 0.15) is 12.2 Å². The minimum absolute atomic E-state index is 0.375. The van der Waals surface area contributed by atoms with Crippen LogP contribution < -0.4 is 5.32 Å². The number of alkyl halides is 2. The summed E-state index contributed by atoms with van der Waals surface area (Å²) in [4.78, 5) is 11.4. The number of hydrogen-bond acceptors (Lipinski definition) is 3. The lowest BCUT2D eigenvalue weighted by atomic mass is 10.0. The zero-order chi connectivity index (χ0) is 12.1. The summed E-state index contributed by atoms with van der Waals surface area (Å²) in [5.74, 6) is -3.90. The number of rotatable bonds is 6. The summed E-state index contributed by atoms with van der Waals surface area (Å²) in [5, 5.41) is 10.3. The maximum atomic E-state index is 12.6. The van der Waals surface area contributed by atoms with Crippen molar-refractivity contribution >= 4 is 5.91 Å². The molecule has 0 radical (unpaired) electrons. The van der Waals surface area contributed by atoms with Crippen molar-refractivity contribution in [3.63, 3.8) is 0 Å². The van der Waals surface area contributed by atoms with Crippen LogP contribution in [0.2, 0.25) is 0 Å². The van der Waals surface area contributed by atoms with Gasteiger partial charge in [-0.1, -0.05) is 6.92 Å². The van der Waals surface area contributed by atoms with E-state index in [1.165, 1.54) is 14.0 Å². The summed E-state index contributed by atoms with van der Waals surface area (Å²) < 4.78 is 30.1. The second-order valence-electron chi connectivity index (χ2n) is 3.49. The van der Waals surface area contributed by atoms with Crippen LogP contribution in [0, 0.1) is 0 Å². The standard InChI is InChI=1S/C9H17F2NO3/c1-4-8(2,15-3)7(14)12-5-9(10,11)6-13/h13H,4-6H2,1-3H3,(H,12,14). The number of amides is 1. The number of hydrogen-bond donors (Lipinski definition) is 2. The maximum Gasteiger partial charge on any atom is 0.287 e. The number of ether oxygens (including phenoxy) is 1. The molecular weight excluding hydrogens is 208 g/mol. The molecular formula is C9H17F2NO3. The van der Waals surface area contributed by atoms with Crippen LogP contribution in [0.3, 0.4) is 0 Å². The Morgan fingerprint density at radius 2 is 2.07 bits per heavy atom. The Labute approximate surface area is 87.6 Å². The second-order valence-corrected chi connectivity index (χ2v) is 3.49. The van der Waals surface area contributed by atoms with Crippen molar-refractivity contribution in [3.8, 4) is 0 Å². The lowest BCUT2D eigenvalue weighted by molar-refractivity contribution is -0.144. The van der Waals surface area contributed by atoms with E-state index < -0.39 is 30.6 Å². The molecule has 1 amide bonds. The van der Waals surface area contributed by atoms with Crippen molar-refractivity contribution < 1.29 is 23.4 Å². The fourth-order valence-electron chi connectivity index (χ4n) is 0.850. The topological polar surface area (TPSA) is 58.6 Å². The molecule has 4 nitrogen and oxygen atoms in total. The monoisotopic (exact) mass is 225 g/mol. The molecule has 0 aliphatic heterocycles. The molecule has 0 rings (SSSR count). The quantitative estimate of drug-likeness (QED) is 0.694. The van der Waals surface area contributed by atoms with Crippen LogP contribution in [-0.4, -0.2) is 42.8 Å². The van der Waals surface area contributed by atoms with Crippen LogP contribution in [0.25, 0.3) is 0 Å². The highest BCUT2D eigenvalue weighted by Gasteiger charge is 2.34. The molecule has 0 spiro atoms. The molecule has 0 aromatic heterocycles. The molecule has 0 bridgehead atoms. The van der Waals surface area contributed by atoms with E-state index >= 15 is 0 Å².